The average molecular weight is 1060 g/mol. The number of esters is 2. The number of halogens is 2. The fourth-order valence-electron chi connectivity index (χ4n) is 10.5. The summed E-state index contributed by atoms with van der Waals surface area (Å²) in [5.41, 5.74) is 4.38. The van der Waals surface area contributed by atoms with Gasteiger partial charge >= 0.3 is 11.9 Å². The Balaban J connectivity index is 1.30. The van der Waals surface area contributed by atoms with Crippen molar-refractivity contribution in [3.8, 4) is 0 Å². The van der Waals surface area contributed by atoms with Crippen LogP contribution in [-0.2, 0) is 46.2 Å². The number of ether oxygens (including phenoxy) is 3. The van der Waals surface area contributed by atoms with Crippen LogP contribution in [0.4, 0.5) is 8.78 Å². The van der Waals surface area contributed by atoms with E-state index in [1.807, 2.05) is 0 Å². The van der Waals surface area contributed by atoms with Crippen LogP contribution >= 0.6 is 0 Å². The minimum Gasteiger partial charge on any atom is -0.464 e. The Hall–Kier alpha value is -7.12. The number of aliphatic hydroxyl groups excluding tert-OH is 2. The quantitative estimate of drug-likeness (QED) is 0.0466. The lowest BCUT2D eigenvalue weighted by atomic mass is 9.71. The van der Waals surface area contributed by atoms with Gasteiger partial charge in [0.05, 0.1) is 24.6 Å². The van der Waals surface area contributed by atoms with Gasteiger partial charge in [-0.05, 0) is 125 Å². The number of carbonyl (C=O) groups excluding carboxylic acids is 4. The second-order valence-electron chi connectivity index (χ2n) is 21.8. The van der Waals surface area contributed by atoms with Crippen molar-refractivity contribution in [1.82, 2.24) is 29.2 Å². The standard InChI is InChI=1S/C58H68F2N8O9/c1-9-75-55(73)51(71)47-33(3)63-45-29-43(65-67(45)49(47)37-19-23-57(5,6)24-20-37)53(61-31-41(69)27-35-11-15-39(59)16-12-35)77-54(62-32-42(70)28-36-13-17-40(60)18-14-36)44-30-46-64-34(4)48(52(72)56(74)76-10-2)50(68(46)66-44)38-21-25-58(7,8)26-22-38/h11-18,29-30,37-38,51-52,71-72H,9-10,19-28,31-32H2,1-8H3/b61-53-,62-54-/t51-,52-/m0/s1. The molecule has 19 heteroatoms. The third-order valence-electron chi connectivity index (χ3n) is 14.8. The van der Waals surface area contributed by atoms with E-state index in [1.54, 1.807) is 48.9 Å². The van der Waals surface area contributed by atoms with Crippen molar-refractivity contribution in [2.24, 2.45) is 20.8 Å². The summed E-state index contributed by atoms with van der Waals surface area (Å²) in [6.45, 7) is 14.7. The number of Topliss-reactive ketones (excluding diaryl/α,β-unsaturated/α-hetero) is 2. The van der Waals surface area contributed by atoms with Gasteiger partial charge in [0.15, 0.2) is 35.1 Å². The number of carbonyl (C=O) groups is 4. The molecule has 4 heterocycles. The highest BCUT2D eigenvalue weighted by Gasteiger charge is 2.38. The number of hydrogen-bond donors (Lipinski definition) is 2. The molecule has 2 aliphatic carbocycles. The van der Waals surface area contributed by atoms with Crippen molar-refractivity contribution in [3.05, 3.63) is 129 Å². The topological polar surface area (TPSA) is 222 Å². The van der Waals surface area contributed by atoms with Crippen LogP contribution in [0.15, 0.2) is 70.6 Å². The minimum atomic E-state index is -1.68. The van der Waals surface area contributed by atoms with Gasteiger partial charge in [0.2, 0.25) is 11.8 Å². The molecule has 2 fully saturated rings. The van der Waals surface area contributed by atoms with Crippen LogP contribution in [0.25, 0.3) is 11.3 Å². The normalized spacial score (nSPS) is 17.1. The summed E-state index contributed by atoms with van der Waals surface area (Å²) in [7, 11) is 0. The molecule has 0 aliphatic heterocycles. The van der Waals surface area contributed by atoms with Crippen molar-refractivity contribution in [2.45, 2.75) is 144 Å². The van der Waals surface area contributed by atoms with Crippen molar-refractivity contribution in [3.63, 3.8) is 0 Å². The number of aryl methyl sites for hydroxylation is 2. The molecule has 408 valence electrons. The number of benzene rings is 2. The molecule has 77 heavy (non-hydrogen) atoms. The molecule has 8 rings (SSSR count). The molecule has 2 atom stereocenters. The maximum Gasteiger partial charge on any atom is 0.339 e. The lowest BCUT2D eigenvalue weighted by Gasteiger charge is -2.35. The van der Waals surface area contributed by atoms with E-state index in [0.717, 1.165) is 25.7 Å². The zero-order chi connectivity index (χ0) is 55.3. The first-order chi connectivity index (χ1) is 36.6. The molecule has 0 amide bonds. The van der Waals surface area contributed by atoms with Crippen molar-refractivity contribution in [1.29, 1.82) is 0 Å². The van der Waals surface area contributed by atoms with E-state index >= 15 is 0 Å². The molecule has 2 aromatic carbocycles. The number of ketones is 2. The van der Waals surface area contributed by atoms with Gasteiger partial charge in [0.1, 0.15) is 36.1 Å². The molecule has 0 unspecified atom stereocenters. The van der Waals surface area contributed by atoms with Gasteiger partial charge in [-0.15, -0.1) is 0 Å². The predicted molar refractivity (Wildman–Crippen MR) is 283 cm³/mol. The Labute approximate surface area is 446 Å². The molecular weight excluding hydrogens is 991 g/mol. The van der Waals surface area contributed by atoms with Gasteiger partial charge in [-0.1, -0.05) is 52.0 Å². The van der Waals surface area contributed by atoms with Gasteiger partial charge in [0, 0.05) is 59.3 Å². The molecule has 0 bridgehead atoms. The van der Waals surface area contributed by atoms with Gasteiger partial charge in [-0.2, -0.15) is 10.2 Å². The number of rotatable bonds is 18. The first-order valence-electron chi connectivity index (χ1n) is 26.4. The average Bonchev–Trinajstić information content (AvgIpc) is 4.06. The molecular formula is C58H68F2N8O9. The van der Waals surface area contributed by atoms with Gasteiger partial charge in [-0.25, -0.2) is 47.4 Å². The smallest absolute Gasteiger partial charge is 0.339 e. The molecule has 17 nitrogen and oxygen atoms in total. The Morgan fingerprint density at radius 2 is 0.974 bits per heavy atom. The minimum absolute atomic E-state index is 0.0428. The molecule has 0 spiro atoms. The predicted octanol–water partition coefficient (Wildman–Crippen LogP) is 9.06. The van der Waals surface area contributed by atoms with Gasteiger partial charge < -0.3 is 24.4 Å². The van der Waals surface area contributed by atoms with Gasteiger partial charge in [0.25, 0.3) is 0 Å². The van der Waals surface area contributed by atoms with E-state index in [2.05, 4.69) is 27.7 Å². The van der Waals surface area contributed by atoms with E-state index in [4.69, 9.17) is 44.4 Å². The highest BCUT2D eigenvalue weighted by atomic mass is 19.1. The molecule has 2 N–H and O–H groups in total. The number of nitrogens with zero attached hydrogens (tertiary/aromatic N) is 8. The lowest BCUT2D eigenvalue weighted by Crippen LogP contribution is -2.26. The molecule has 2 aliphatic rings. The van der Waals surface area contributed by atoms with Crippen LogP contribution in [0.3, 0.4) is 0 Å². The van der Waals surface area contributed by atoms with E-state index in [-0.39, 0.29) is 94.6 Å². The zero-order valence-corrected chi connectivity index (χ0v) is 45.1. The number of aliphatic hydroxyl groups is 2. The largest absolute Gasteiger partial charge is 0.464 e. The number of hydrogen-bond acceptors (Lipinski definition) is 15. The summed E-state index contributed by atoms with van der Waals surface area (Å²) in [5.74, 6) is -4.13. The number of fused-ring (bicyclic) bond motifs is 2. The summed E-state index contributed by atoms with van der Waals surface area (Å²) < 4.78 is 48.2. The highest BCUT2D eigenvalue weighted by Crippen LogP contribution is 2.46. The molecule has 2 saturated carbocycles. The Kier molecular flexibility index (Phi) is 17.2. The maximum absolute atomic E-state index is 13.9. The van der Waals surface area contributed by atoms with Crippen LogP contribution in [-0.4, -0.2) is 101 Å². The first-order valence-corrected chi connectivity index (χ1v) is 26.4. The Bertz CT molecular complexity index is 3000. The fraction of sp³-hybridized carbons (Fsp3) is 0.483. The Morgan fingerprint density at radius 3 is 1.31 bits per heavy atom. The maximum atomic E-state index is 13.9. The van der Waals surface area contributed by atoms with Crippen LogP contribution in [0.1, 0.15) is 173 Å². The first kappa shape index (κ1) is 56.1. The Morgan fingerprint density at radius 1 is 0.623 bits per heavy atom. The van der Waals surface area contributed by atoms with Crippen molar-refractivity contribution >= 4 is 46.6 Å². The fourth-order valence-corrected chi connectivity index (χ4v) is 10.5. The third kappa shape index (κ3) is 13.2. The lowest BCUT2D eigenvalue weighted by molar-refractivity contribution is -0.154. The monoisotopic (exact) mass is 1060 g/mol. The SMILES string of the molecule is CCOC(=O)[C@@H](O)c1c(C)nc2cc(/C(=N/CC(=O)Cc3ccc(F)cc3)O/C(=N\CC(=O)Cc3ccc(F)cc3)c3cc4nc(C)c([C@H](O)C(=O)OCC)c(C5CCC(C)(C)CC5)n4n3)nn2c1C1CCC(C)(C)CC1. The van der Waals surface area contributed by atoms with Crippen LogP contribution in [0.5, 0.6) is 0 Å². The van der Waals surface area contributed by atoms with Crippen LogP contribution < -0.4 is 0 Å². The van der Waals surface area contributed by atoms with Crippen molar-refractivity contribution < 1.29 is 52.4 Å². The van der Waals surface area contributed by atoms with E-state index < -0.39 is 48.9 Å². The van der Waals surface area contributed by atoms with Gasteiger partial charge in [-0.3, -0.25) is 9.59 Å². The highest BCUT2D eigenvalue weighted by molar-refractivity contribution is 6.07. The molecule has 6 aromatic rings. The van der Waals surface area contributed by atoms with Crippen LogP contribution in [0, 0.1) is 36.3 Å². The summed E-state index contributed by atoms with van der Waals surface area (Å²) >= 11 is 0. The van der Waals surface area contributed by atoms with E-state index in [0.29, 0.717) is 70.9 Å². The molecule has 0 radical (unpaired) electrons. The summed E-state index contributed by atoms with van der Waals surface area (Å²) in [6.07, 6.45) is 2.70. The second-order valence-corrected chi connectivity index (χ2v) is 21.8. The zero-order valence-electron chi connectivity index (χ0n) is 45.1. The summed E-state index contributed by atoms with van der Waals surface area (Å²) in [4.78, 5) is 73.2. The van der Waals surface area contributed by atoms with Crippen molar-refractivity contribution in [2.75, 3.05) is 26.3 Å². The second kappa shape index (κ2) is 23.6. The summed E-state index contributed by atoms with van der Waals surface area (Å²) in [5, 5.41) is 33.3. The number of aliphatic imine (C=N–C) groups is 2. The molecule has 0 saturated heterocycles. The molecule has 4 aromatic heterocycles. The van der Waals surface area contributed by atoms with E-state index in [1.165, 1.54) is 48.5 Å². The number of aromatic nitrogens is 6. The van der Waals surface area contributed by atoms with Crippen LogP contribution in [0.2, 0.25) is 0 Å². The van der Waals surface area contributed by atoms with E-state index in [9.17, 15) is 38.2 Å². The summed E-state index contributed by atoms with van der Waals surface area (Å²) in [6, 6.07) is 14.3. The third-order valence-corrected chi connectivity index (χ3v) is 14.8.